The van der Waals surface area contributed by atoms with Crippen LogP contribution < -0.4 is 94.6 Å². The van der Waals surface area contributed by atoms with E-state index in [2.05, 4.69) is 4.28 Å². The molecule has 0 aliphatic heterocycles. The van der Waals surface area contributed by atoms with E-state index in [1.807, 2.05) is 0 Å². The summed E-state index contributed by atoms with van der Waals surface area (Å²) in [6, 6.07) is 7.04. The minimum absolute atomic E-state index is 0. The molecule has 36 heavy (non-hydrogen) atoms. The van der Waals surface area contributed by atoms with E-state index in [4.69, 9.17) is 5.90 Å². The van der Waals surface area contributed by atoms with Crippen molar-refractivity contribution in [2.45, 2.75) is 19.6 Å². The maximum absolute atomic E-state index is 12.5. The van der Waals surface area contributed by atoms with Gasteiger partial charge in [-0.25, -0.2) is 25.3 Å². The zero-order chi connectivity index (χ0) is 24.7. The Balaban J connectivity index is 0.00000216. The smallest absolute Gasteiger partial charge is 0.744 e. The van der Waals surface area contributed by atoms with E-state index in [1.165, 1.54) is 24.3 Å². The van der Waals surface area contributed by atoms with Crippen molar-refractivity contribution in [3.63, 3.8) is 0 Å². The second-order valence-electron chi connectivity index (χ2n) is 6.72. The van der Waals surface area contributed by atoms with Crippen molar-refractivity contribution in [2.24, 2.45) is 5.90 Å². The molecule has 0 aromatic heterocycles. The van der Waals surface area contributed by atoms with Crippen LogP contribution in [0.3, 0.4) is 0 Å². The second-order valence-corrected chi connectivity index (χ2v) is 12.2. The van der Waals surface area contributed by atoms with Gasteiger partial charge in [0, 0.05) is 16.2 Å². The van der Waals surface area contributed by atoms with Crippen LogP contribution in [0.1, 0.15) is 0 Å². The first-order valence-corrected chi connectivity index (χ1v) is 13.9. The molecule has 0 amide bonds. The predicted molar refractivity (Wildman–Crippen MR) is 106 cm³/mol. The van der Waals surface area contributed by atoms with E-state index >= 15 is 0 Å². The van der Waals surface area contributed by atoms with Crippen molar-refractivity contribution in [3.8, 4) is 0 Å². The summed E-state index contributed by atoms with van der Waals surface area (Å²) >= 11 is 0. The number of hydrogen-bond acceptors (Lipinski definition) is 13. The maximum Gasteiger partial charge on any atom is 1.00 e. The number of benzene rings is 4. The molecule has 0 radical (unpaired) electrons. The molecule has 20 heteroatoms. The summed E-state index contributed by atoms with van der Waals surface area (Å²) in [4.78, 5) is -7.07. The summed E-state index contributed by atoms with van der Waals surface area (Å²) in [6.45, 7) is 0. The van der Waals surface area contributed by atoms with Gasteiger partial charge >= 0.3 is 98.8 Å². The van der Waals surface area contributed by atoms with Crippen LogP contribution in [-0.4, -0.2) is 47.3 Å². The molecule has 0 bridgehead atoms. The molecular formula is C16H8NNa3O12S4. The minimum Gasteiger partial charge on any atom is -0.744 e. The average molecular weight is 603 g/mol. The Morgan fingerprint density at radius 3 is 1.61 bits per heavy atom. The predicted octanol–water partition coefficient (Wildman–Crippen LogP) is -9.11. The van der Waals surface area contributed by atoms with Gasteiger partial charge < -0.3 is 13.7 Å². The SMILES string of the molecule is NOS(=O)(=O)c1c(S(=O)(=O)[O-])c(S(=O)(=O)[O-])c2c(S(=O)(=O)[O-])cc3cccc4ccc1c2c43.[Na+].[Na+].[Na+]. The third kappa shape index (κ3) is 5.70. The third-order valence-electron chi connectivity index (χ3n) is 4.89. The standard InChI is InChI=1S/C16H11NO12S4.3Na/c17-29-33(27,28)14-9-5-4-7-2-1-3-8-6-10(30(18,19)20)13(12(9)11(7)8)15(31(21,22)23)16(14)32(24,25)26;;;/h1-6H,17H2,(H,18,19,20)(H,21,22,23)(H,24,25,26);;;/q;3*+1/p-3. The van der Waals surface area contributed by atoms with Gasteiger partial charge in [0.15, 0.2) is 0 Å². The molecule has 0 aliphatic rings. The first-order valence-electron chi connectivity index (χ1n) is 8.28. The number of rotatable bonds is 5. The van der Waals surface area contributed by atoms with E-state index in [0.717, 1.165) is 6.07 Å². The molecule has 0 heterocycles. The van der Waals surface area contributed by atoms with Gasteiger partial charge in [0.05, 0.1) is 14.7 Å². The second kappa shape index (κ2) is 11.2. The molecule has 4 aromatic carbocycles. The molecule has 13 nitrogen and oxygen atoms in total. The molecule has 0 saturated carbocycles. The summed E-state index contributed by atoms with van der Waals surface area (Å²) in [6.07, 6.45) is 0. The van der Waals surface area contributed by atoms with Gasteiger partial charge in [0.2, 0.25) is 0 Å². The van der Waals surface area contributed by atoms with Crippen molar-refractivity contribution in [1.29, 1.82) is 0 Å². The summed E-state index contributed by atoms with van der Waals surface area (Å²) < 4.78 is 138. The van der Waals surface area contributed by atoms with Crippen molar-refractivity contribution in [3.05, 3.63) is 36.4 Å². The van der Waals surface area contributed by atoms with Crippen LogP contribution in [0, 0.1) is 0 Å². The van der Waals surface area contributed by atoms with Crippen LogP contribution in [0.5, 0.6) is 0 Å². The number of hydrogen-bond donors (Lipinski definition) is 1. The molecule has 0 aliphatic carbocycles. The maximum atomic E-state index is 12.5. The summed E-state index contributed by atoms with van der Waals surface area (Å²) in [5, 5.41) is -2.29. The largest absolute Gasteiger partial charge is 1.00 e. The molecule has 0 saturated heterocycles. The Hall–Kier alpha value is 0.520. The van der Waals surface area contributed by atoms with E-state index in [9.17, 15) is 47.3 Å². The molecule has 176 valence electrons. The van der Waals surface area contributed by atoms with Gasteiger partial charge in [-0.2, -0.15) is 18.6 Å². The first kappa shape index (κ1) is 34.5. The Morgan fingerprint density at radius 2 is 1.14 bits per heavy atom. The van der Waals surface area contributed by atoms with E-state index < -0.39 is 76.2 Å². The molecule has 0 atom stereocenters. The van der Waals surface area contributed by atoms with Gasteiger partial charge in [-0.1, -0.05) is 30.3 Å². The normalized spacial score (nSPS) is 12.8. The zero-order valence-electron chi connectivity index (χ0n) is 18.6. The fraction of sp³-hybridized carbons (Fsp3) is 0. The monoisotopic (exact) mass is 603 g/mol. The first-order chi connectivity index (χ1) is 15.0. The van der Waals surface area contributed by atoms with Gasteiger partial charge in [-0.3, -0.25) is 0 Å². The Bertz CT molecular complexity index is 1940. The fourth-order valence-electron chi connectivity index (χ4n) is 3.84. The zero-order valence-corrected chi connectivity index (χ0v) is 27.8. The van der Waals surface area contributed by atoms with Crippen molar-refractivity contribution < 1.29 is 140 Å². The van der Waals surface area contributed by atoms with Crippen LogP contribution in [0.4, 0.5) is 0 Å². The number of nitrogens with two attached hydrogens (primary N) is 1. The topological polar surface area (TPSA) is 241 Å². The van der Waals surface area contributed by atoms with Crippen LogP contribution >= 0.6 is 0 Å². The molecule has 0 unspecified atom stereocenters. The molecule has 2 N–H and O–H groups in total. The van der Waals surface area contributed by atoms with Crippen molar-refractivity contribution >= 4 is 72.8 Å². The summed E-state index contributed by atoms with van der Waals surface area (Å²) in [7, 11) is -23.2. The minimum atomic E-state index is -6.13. The van der Waals surface area contributed by atoms with Gasteiger partial charge in [0.1, 0.15) is 35.2 Å². The summed E-state index contributed by atoms with van der Waals surface area (Å²) in [5.41, 5.74) is 0. The van der Waals surface area contributed by atoms with Crippen LogP contribution in [0.25, 0.3) is 32.3 Å². The third-order valence-corrected chi connectivity index (χ3v) is 9.00. The van der Waals surface area contributed by atoms with E-state index in [1.54, 1.807) is 0 Å². The van der Waals surface area contributed by atoms with Gasteiger partial charge in [-0.15, -0.1) is 0 Å². The van der Waals surface area contributed by atoms with Crippen molar-refractivity contribution in [1.82, 2.24) is 0 Å². The molecule has 0 fully saturated rings. The quantitative estimate of drug-likeness (QED) is 0.0965. The molecular weight excluding hydrogens is 595 g/mol. The van der Waals surface area contributed by atoms with Crippen LogP contribution in [-0.2, 0) is 44.8 Å². The van der Waals surface area contributed by atoms with Crippen LogP contribution in [0.2, 0.25) is 0 Å². The van der Waals surface area contributed by atoms with E-state index in [-0.39, 0.29) is 105 Å². The Kier molecular flexibility index (Phi) is 10.7. The Labute approximate surface area is 271 Å². The van der Waals surface area contributed by atoms with Crippen molar-refractivity contribution in [2.75, 3.05) is 0 Å². The average Bonchev–Trinajstić information content (AvgIpc) is 2.68. The summed E-state index contributed by atoms with van der Waals surface area (Å²) in [5.74, 6) is 4.72. The Morgan fingerprint density at radius 1 is 0.611 bits per heavy atom. The van der Waals surface area contributed by atoms with Crippen LogP contribution in [0.15, 0.2) is 56.0 Å². The van der Waals surface area contributed by atoms with Gasteiger partial charge in [0.25, 0.3) is 0 Å². The molecule has 4 rings (SSSR count). The molecule has 0 spiro atoms. The van der Waals surface area contributed by atoms with E-state index in [0.29, 0.717) is 6.07 Å². The fourth-order valence-corrected chi connectivity index (χ4v) is 8.24. The van der Waals surface area contributed by atoms with Gasteiger partial charge in [-0.05, 0) is 22.2 Å². The molecule has 4 aromatic rings.